The third-order valence-electron chi connectivity index (χ3n) is 6.34. The summed E-state index contributed by atoms with van der Waals surface area (Å²) in [7, 11) is 0. The Kier molecular flexibility index (Phi) is 6.61. The molecule has 0 N–H and O–H groups in total. The first-order valence-electron chi connectivity index (χ1n) is 11.6. The molecule has 7 nitrogen and oxygen atoms in total. The zero-order chi connectivity index (χ0) is 25.2. The Bertz CT molecular complexity index is 1250. The van der Waals surface area contributed by atoms with Crippen molar-refractivity contribution in [1.29, 1.82) is 0 Å². The predicted octanol–water partition coefficient (Wildman–Crippen LogP) is 3.59. The van der Waals surface area contributed by atoms with Gasteiger partial charge in [0.05, 0.1) is 5.75 Å². The summed E-state index contributed by atoms with van der Waals surface area (Å²) in [4.78, 5) is 55.0. The number of benzene rings is 3. The number of esters is 1. The number of Topliss-reactive ketones (excluding diaryl/α,β-unsaturated/α-hetero) is 1. The van der Waals surface area contributed by atoms with E-state index in [-0.39, 0.29) is 17.4 Å². The van der Waals surface area contributed by atoms with Crippen molar-refractivity contribution in [2.24, 2.45) is 0 Å². The van der Waals surface area contributed by atoms with Gasteiger partial charge in [-0.15, -0.1) is 11.8 Å². The van der Waals surface area contributed by atoms with Crippen molar-refractivity contribution in [3.05, 3.63) is 102 Å². The van der Waals surface area contributed by atoms with Crippen molar-refractivity contribution < 1.29 is 23.9 Å². The first kappa shape index (κ1) is 23.8. The molecule has 3 aromatic rings. The van der Waals surface area contributed by atoms with Crippen LogP contribution in [0.2, 0.25) is 0 Å². The number of ketones is 1. The average molecular weight is 501 g/mol. The van der Waals surface area contributed by atoms with E-state index in [1.54, 1.807) is 24.3 Å². The number of fused-ring (bicyclic) bond motifs is 1. The quantitative estimate of drug-likeness (QED) is 0.292. The highest BCUT2D eigenvalue weighted by Gasteiger charge is 2.60. The molecule has 2 aliphatic heterocycles. The summed E-state index contributed by atoms with van der Waals surface area (Å²) in [5.74, 6) is -1.85. The average Bonchev–Trinajstić information content (AvgIpc) is 2.91. The maximum Gasteiger partial charge on any atom is 0.337 e. The van der Waals surface area contributed by atoms with Gasteiger partial charge >= 0.3 is 5.97 Å². The smallest absolute Gasteiger partial charge is 0.337 e. The number of ether oxygens (including phenoxy) is 1. The number of hydrogen-bond donors (Lipinski definition) is 0. The largest absolute Gasteiger partial charge is 0.451 e. The first-order valence-corrected chi connectivity index (χ1v) is 12.6. The molecule has 0 saturated carbocycles. The van der Waals surface area contributed by atoms with Crippen LogP contribution in [0.25, 0.3) is 0 Å². The Hall–Kier alpha value is -3.91. The second-order valence-electron chi connectivity index (χ2n) is 8.62. The topological polar surface area (TPSA) is 84.0 Å². The molecular formula is C28H24N2O5S. The molecule has 2 amide bonds. The number of hydrogen-bond acceptors (Lipinski definition) is 6. The molecule has 3 aromatic carbocycles. The van der Waals surface area contributed by atoms with E-state index in [0.29, 0.717) is 5.69 Å². The molecular weight excluding hydrogens is 476 g/mol. The number of thioether (sulfide) groups is 1. The predicted molar refractivity (Wildman–Crippen MR) is 136 cm³/mol. The van der Waals surface area contributed by atoms with Crippen LogP contribution in [0.15, 0.2) is 91.0 Å². The fourth-order valence-electron chi connectivity index (χ4n) is 4.69. The number of anilines is 1. The summed E-state index contributed by atoms with van der Waals surface area (Å²) < 4.78 is 5.92. The molecule has 2 saturated heterocycles. The number of rotatable bonds is 6. The van der Waals surface area contributed by atoms with Gasteiger partial charge in [0, 0.05) is 12.6 Å². The van der Waals surface area contributed by atoms with Crippen LogP contribution < -0.4 is 4.90 Å². The normalized spacial score (nSPS) is 20.9. The number of carbonyl (C=O) groups excluding carboxylic acids is 4. The Morgan fingerprint density at radius 3 is 1.94 bits per heavy atom. The number of β-lactam (4-membered cyclic amide) rings is 1. The van der Waals surface area contributed by atoms with Crippen LogP contribution in [-0.2, 0) is 23.9 Å². The minimum Gasteiger partial charge on any atom is -0.451 e. The third kappa shape index (κ3) is 4.28. The monoisotopic (exact) mass is 500 g/mol. The van der Waals surface area contributed by atoms with Gasteiger partial charge in [-0.1, -0.05) is 78.9 Å². The highest BCUT2D eigenvalue weighted by molar-refractivity contribution is 8.00. The molecule has 0 aromatic heterocycles. The maximum absolute atomic E-state index is 13.5. The van der Waals surface area contributed by atoms with Gasteiger partial charge in [0.15, 0.2) is 17.9 Å². The standard InChI is InChI=1S/C28H24N2O5S/c1-18(31)29(21-15-9-4-10-16-21)24-26(33)30-23(22(32)17-36-27(24)30)28(34)35-25(19-11-5-2-6-12-19)20-13-7-3-8-14-20/h2-16,23-25,27H,17H2,1H3/t23?,24-,27-/m1/s1. The lowest BCUT2D eigenvalue weighted by Gasteiger charge is -2.54. The molecule has 0 radical (unpaired) electrons. The van der Waals surface area contributed by atoms with Gasteiger partial charge in [-0.3, -0.25) is 19.3 Å². The van der Waals surface area contributed by atoms with Gasteiger partial charge < -0.3 is 9.64 Å². The highest BCUT2D eigenvalue weighted by Crippen LogP contribution is 2.41. The molecule has 2 aliphatic rings. The molecule has 0 spiro atoms. The lowest BCUT2D eigenvalue weighted by Crippen LogP contribution is -2.76. The molecule has 5 rings (SSSR count). The molecule has 0 bridgehead atoms. The van der Waals surface area contributed by atoms with E-state index >= 15 is 0 Å². The lowest BCUT2D eigenvalue weighted by molar-refractivity contribution is -0.169. The first-order chi connectivity index (χ1) is 17.5. The van der Waals surface area contributed by atoms with E-state index in [2.05, 4.69) is 0 Å². The zero-order valence-corrected chi connectivity index (χ0v) is 20.3. The molecule has 3 atom stereocenters. The van der Waals surface area contributed by atoms with Crippen LogP contribution in [0.3, 0.4) is 0 Å². The van der Waals surface area contributed by atoms with Gasteiger partial charge in [0.1, 0.15) is 11.4 Å². The van der Waals surface area contributed by atoms with E-state index < -0.39 is 35.4 Å². The Morgan fingerprint density at radius 2 is 1.42 bits per heavy atom. The minimum atomic E-state index is -1.35. The van der Waals surface area contributed by atoms with Crippen LogP contribution in [0.4, 0.5) is 5.69 Å². The maximum atomic E-state index is 13.5. The molecule has 0 aliphatic carbocycles. The van der Waals surface area contributed by atoms with Crippen LogP contribution in [0, 0.1) is 0 Å². The van der Waals surface area contributed by atoms with Crippen molar-refractivity contribution in [1.82, 2.24) is 4.90 Å². The summed E-state index contributed by atoms with van der Waals surface area (Å²) in [6.07, 6.45) is -0.731. The SMILES string of the molecule is CC(=O)N(c1ccccc1)[C@@H]1C(=O)N2C(C(=O)OC(c3ccccc3)c3ccccc3)C(=O)CS[C@H]12. The zero-order valence-electron chi connectivity index (χ0n) is 19.5. The molecule has 36 heavy (non-hydrogen) atoms. The lowest BCUT2D eigenvalue weighted by atomic mass is 9.97. The van der Waals surface area contributed by atoms with Crippen LogP contribution >= 0.6 is 11.8 Å². The summed E-state index contributed by atoms with van der Waals surface area (Å²) in [6.45, 7) is 1.40. The van der Waals surface area contributed by atoms with Crippen molar-refractivity contribution >= 4 is 41.0 Å². The Balaban J connectivity index is 1.42. The molecule has 8 heteroatoms. The number of para-hydroxylation sites is 1. The molecule has 2 fully saturated rings. The number of amides is 2. The van der Waals surface area contributed by atoms with Gasteiger partial charge in [0.2, 0.25) is 5.91 Å². The van der Waals surface area contributed by atoms with Crippen LogP contribution in [0.5, 0.6) is 0 Å². The van der Waals surface area contributed by atoms with E-state index in [4.69, 9.17) is 4.74 Å². The summed E-state index contributed by atoms with van der Waals surface area (Å²) in [5, 5.41) is -0.524. The van der Waals surface area contributed by atoms with Gasteiger partial charge in [-0.05, 0) is 23.3 Å². The highest BCUT2D eigenvalue weighted by atomic mass is 32.2. The molecule has 182 valence electrons. The Morgan fingerprint density at radius 1 is 0.889 bits per heavy atom. The van der Waals surface area contributed by atoms with E-state index in [1.165, 1.54) is 28.5 Å². The second kappa shape index (κ2) is 9.99. The van der Waals surface area contributed by atoms with Gasteiger partial charge in [-0.2, -0.15) is 0 Å². The van der Waals surface area contributed by atoms with Crippen molar-refractivity contribution in [3.63, 3.8) is 0 Å². The van der Waals surface area contributed by atoms with Gasteiger partial charge in [0.25, 0.3) is 5.91 Å². The third-order valence-corrected chi connectivity index (χ3v) is 7.62. The Labute approximate surface area is 213 Å². The van der Waals surface area contributed by atoms with Crippen LogP contribution in [0.1, 0.15) is 24.2 Å². The summed E-state index contributed by atoms with van der Waals surface area (Å²) in [5.41, 5.74) is 2.10. The molecule has 2 heterocycles. The van der Waals surface area contributed by atoms with E-state index in [9.17, 15) is 19.2 Å². The summed E-state index contributed by atoms with van der Waals surface area (Å²) in [6, 6.07) is 25.3. The number of nitrogens with zero attached hydrogens (tertiary/aromatic N) is 2. The van der Waals surface area contributed by atoms with Crippen molar-refractivity contribution in [2.45, 2.75) is 30.5 Å². The van der Waals surface area contributed by atoms with Crippen molar-refractivity contribution in [3.8, 4) is 0 Å². The summed E-state index contributed by atoms with van der Waals surface area (Å²) >= 11 is 1.26. The van der Waals surface area contributed by atoms with Crippen molar-refractivity contribution in [2.75, 3.05) is 10.7 Å². The van der Waals surface area contributed by atoms with Gasteiger partial charge in [-0.25, -0.2) is 4.79 Å². The fraction of sp³-hybridized carbons (Fsp3) is 0.214. The fourth-order valence-corrected chi connectivity index (χ4v) is 5.99. The van der Waals surface area contributed by atoms with Crippen LogP contribution in [-0.4, -0.2) is 51.7 Å². The van der Waals surface area contributed by atoms with E-state index in [0.717, 1.165) is 11.1 Å². The molecule has 1 unspecified atom stereocenters. The minimum absolute atomic E-state index is 0.0482. The number of carbonyl (C=O) groups is 4. The van der Waals surface area contributed by atoms with E-state index in [1.807, 2.05) is 66.7 Å². The second-order valence-corrected chi connectivity index (χ2v) is 9.73.